The average molecular weight is 379 g/mol. The third-order valence-electron chi connectivity index (χ3n) is 4.18. The monoisotopic (exact) mass is 379 g/mol. The van der Waals surface area contributed by atoms with E-state index in [0.29, 0.717) is 11.1 Å². The van der Waals surface area contributed by atoms with E-state index in [4.69, 9.17) is 9.15 Å². The Hall–Kier alpha value is -3.41. The summed E-state index contributed by atoms with van der Waals surface area (Å²) in [5.74, 6) is -1.60. The predicted octanol–water partition coefficient (Wildman–Crippen LogP) is 3.89. The zero-order chi connectivity index (χ0) is 20.3. The zero-order valence-electron chi connectivity index (χ0n) is 15.9. The second-order valence-electron chi connectivity index (χ2n) is 7.39. The topological polar surface area (TPSA) is 85.6 Å². The molecule has 6 heteroatoms. The first-order valence-corrected chi connectivity index (χ1v) is 8.85. The average Bonchev–Trinajstić information content (AvgIpc) is 2.65. The molecule has 0 radical (unpaired) electrons. The first kappa shape index (κ1) is 19.4. The number of fused-ring (bicyclic) bond motifs is 1. The van der Waals surface area contributed by atoms with Crippen molar-refractivity contribution in [2.75, 3.05) is 11.9 Å². The fourth-order valence-electron chi connectivity index (χ4n) is 2.84. The van der Waals surface area contributed by atoms with Gasteiger partial charge < -0.3 is 14.5 Å². The van der Waals surface area contributed by atoms with E-state index in [9.17, 15) is 14.4 Å². The van der Waals surface area contributed by atoms with Crippen LogP contribution in [0.3, 0.4) is 0 Å². The molecule has 0 fully saturated rings. The number of benzene rings is 2. The minimum absolute atomic E-state index is 0.158. The van der Waals surface area contributed by atoms with Crippen LogP contribution in [0.4, 0.5) is 5.69 Å². The molecule has 6 nitrogen and oxygen atoms in total. The van der Waals surface area contributed by atoms with Crippen LogP contribution in [0.25, 0.3) is 11.0 Å². The maximum atomic E-state index is 12.2. The van der Waals surface area contributed by atoms with Crippen molar-refractivity contribution in [1.82, 2.24) is 0 Å². The van der Waals surface area contributed by atoms with Crippen LogP contribution in [0.5, 0.6) is 0 Å². The van der Waals surface area contributed by atoms with Crippen molar-refractivity contribution >= 4 is 28.5 Å². The van der Waals surface area contributed by atoms with Gasteiger partial charge in [-0.2, -0.15) is 0 Å². The quantitative estimate of drug-likeness (QED) is 0.695. The lowest BCUT2D eigenvalue weighted by Gasteiger charge is -2.22. The summed E-state index contributed by atoms with van der Waals surface area (Å²) in [7, 11) is 0. The number of rotatable bonds is 4. The smallest absolute Gasteiger partial charge is 0.374 e. The Morgan fingerprint density at radius 1 is 1.04 bits per heavy atom. The van der Waals surface area contributed by atoms with Crippen LogP contribution in [-0.2, 0) is 14.9 Å². The molecular formula is C22H21NO5. The van der Waals surface area contributed by atoms with Gasteiger partial charge in [0.15, 0.2) is 12.0 Å². The Morgan fingerprint density at radius 2 is 1.71 bits per heavy atom. The number of amides is 1. The first-order chi connectivity index (χ1) is 13.3. The molecular weight excluding hydrogens is 358 g/mol. The number of carbonyl (C=O) groups is 2. The highest BCUT2D eigenvalue weighted by Gasteiger charge is 2.20. The molecule has 0 aliphatic carbocycles. The summed E-state index contributed by atoms with van der Waals surface area (Å²) in [4.78, 5) is 36.5. The molecule has 2 aromatic carbocycles. The van der Waals surface area contributed by atoms with Crippen molar-refractivity contribution in [2.45, 2.75) is 26.2 Å². The van der Waals surface area contributed by atoms with Gasteiger partial charge in [0.2, 0.25) is 5.76 Å². The zero-order valence-corrected chi connectivity index (χ0v) is 15.9. The first-order valence-electron chi connectivity index (χ1n) is 8.85. The van der Waals surface area contributed by atoms with E-state index in [-0.39, 0.29) is 22.2 Å². The van der Waals surface area contributed by atoms with E-state index in [1.165, 1.54) is 0 Å². The maximum absolute atomic E-state index is 12.2. The summed E-state index contributed by atoms with van der Waals surface area (Å²) in [6.45, 7) is 5.63. The van der Waals surface area contributed by atoms with Crippen molar-refractivity contribution in [1.29, 1.82) is 0 Å². The Kier molecular flexibility index (Phi) is 5.31. The van der Waals surface area contributed by atoms with Crippen LogP contribution in [0.15, 0.2) is 63.8 Å². The Bertz CT molecular complexity index is 1090. The van der Waals surface area contributed by atoms with E-state index in [0.717, 1.165) is 11.6 Å². The molecule has 0 aliphatic heterocycles. The largest absolute Gasteiger partial charge is 0.450 e. The highest BCUT2D eigenvalue weighted by Crippen LogP contribution is 2.29. The molecule has 1 N–H and O–H groups in total. The van der Waals surface area contributed by atoms with Crippen LogP contribution < -0.4 is 10.7 Å². The minimum atomic E-state index is -0.873. The molecule has 0 aliphatic rings. The number of hydrogen-bond donors (Lipinski definition) is 1. The lowest BCUT2D eigenvalue weighted by molar-refractivity contribution is -0.119. The Morgan fingerprint density at radius 3 is 2.46 bits per heavy atom. The van der Waals surface area contributed by atoms with Gasteiger partial charge in [-0.1, -0.05) is 51.1 Å². The van der Waals surface area contributed by atoms with Crippen LogP contribution >= 0.6 is 0 Å². The number of hydrogen-bond acceptors (Lipinski definition) is 5. The summed E-state index contributed by atoms with van der Waals surface area (Å²) >= 11 is 0. The van der Waals surface area contributed by atoms with Crippen LogP contribution in [0.2, 0.25) is 0 Å². The SMILES string of the molecule is CC(C)(C)c1ccccc1NC(=O)COC(=O)c1cc(=O)c2ccccc2o1. The lowest BCUT2D eigenvalue weighted by Crippen LogP contribution is -2.23. The summed E-state index contributed by atoms with van der Waals surface area (Å²) in [6, 6.07) is 15.1. The molecule has 1 heterocycles. The van der Waals surface area contributed by atoms with Gasteiger partial charge in [0.25, 0.3) is 5.91 Å². The van der Waals surface area contributed by atoms with Gasteiger partial charge in [-0.05, 0) is 29.2 Å². The van der Waals surface area contributed by atoms with Crippen molar-refractivity contribution in [3.05, 3.63) is 76.1 Å². The van der Waals surface area contributed by atoms with Gasteiger partial charge in [0.05, 0.1) is 5.39 Å². The van der Waals surface area contributed by atoms with Gasteiger partial charge in [-0.15, -0.1) is 0 Å². The van der Waals surface area contributed by atoms with Crippen LogP contribution in [0.1, 0.15) is 36.9 Å². The van der Waals surface area contributed by atoms with Gasteiger partial charge in [-0.3, -0.25) is 9.59 Å². The Labute approximate surface area is 162 Å². The fraction of sp³-hybridized carbons (Fsp3) is 0.227. The molecule has 1 amide bonds. The second kappa shape index (κ2) is 7.68. The third kappa shape index (κ3) is 4.28. The van der Waals surface area contributed by atoms with E-state index in [1.54, 1.807) is 30.3 Å². The van der Waals surface area contributed by atoms with Crippen molar-refractivity contribution in [3.63, 3.8) is 0 Å². The van der Waals surface area contributed by atoms with Crippen molar-refractivity contribution in [3.8, 4) is 0 Å². The highest BCUT2D eigenvalue weighted by atomic mass is 16.5. The number of esters is 1. The molecule has 144 valence electrons. The lowest BCUT2D eigenvalue weighted by atomic mass is 9.86. The summed E-state index contributed by atoms with van der Waals surface area (Å²) in [6.07, 6.45) is 0. The van der Waals surface area contributed by atoms with Crippen LogP contribution in [0, 0.1) is 0 Å². The summed E-state index contributed by atoms with van der Waals surface area (Å²) in [5, 5.41) is 3.13. The second-order valence-corrected chi connectivity index (χ2v) is 7.39. The maximum Gasteiger partial charge on any atom is 0.374 e. The molecule has 0 bridgehead atoms. The molecule has 0 saturated carbocycles. The van der Waals surface area contributed by atoms with Gasteiger partial charge >= 0.3 is 5.97 Å². The van der Waals surface area contributed by atoms with Crippen LogP contribution in [-0.4, -0.2) is 18.5 Å². The number of carbonyl (C=O) groups excluding carboxylic acids is 2. The van der Waals surface area contributed by atoms with Crippen molar-refractivity contribution < 1.29 is 18.7 Å². The highest BCUT2D eigenvalue weighted by molar-refractivity contribution is 5.95. The van der Waals surface area contributed by atoms with E-state index in [2.05, 4.69) is 5.32 Å². The molecule has 0 unspecified atom stereocenters. The van der Waals surface area contributed by atoms with Crippen molar-refractivity contribution in [2.24, 2.45) is 0 Å². The number of nitrogens with one attached hydrogen (secondary N) is 1. The van der Waals surface area contributed by atoms with E-state index in [1.807, 2.05) is 39.0 Å². The summed E-state index contributed by atoms with van der Waals surface area (Å²) < 4.78 is 10.4. The molecule has 0 spiro atoms. The molecule has 3 rings (SSSR count). The molecule has 28 heavy (non-hydrogen) atoms. The fourth-order valence-corrected chi connectivity index (χ4v) is 2.84. The number of para-hydroxylation sites is 2. The third-order valence-corrected chi connectivity index (χ3v) is 4.18. The van der Waals surface area contributed by atoms with Gasteiger partial charge in [0.1, 0.15) is 5.58 Å². The molecule has 3 aromatic rings. The molecule has 0 saturated heterocycles. The Balaban J connectivity index is 1.69. The van der Waals surface area contributed by atoms with E-state index >= 15 is 0 Å². The van der Waals surface area contributed by atoms with Gasteiger partial charge in [0, 0.05) is 11.8 Å². The summed E-state index contributed by atoms with van der Waals surface area (Å²) in [5.41, 5.74) is 1.40. The minimum Gasteiger partial charge on any atom is -0.450 e. The van der Waals surface area contributed by atoms with Gasteiger partial charge in [-0.25, -0.2) is 4.79 Å². The van der Waals surface area contributed by atoms with E-state index < -0.39 is 18.5 Å². The molecule has 0 atom stereocenters. The normalized spacial score (nSPS) is 11.2. The predicted molar refractivity (Wildman–Crippen MR) is 107 cm³/mol. The number of anilines is 1. The molecule has 1 aromatic heterocycles. The standard InChI is InChI=1S/C22H21NO5/c1-22(2,3)15-9-5-6-10-16(15)23-20(25)13-27-21(26)19-12-17(24)14-8-4-7-11-18(14)28-19/h4-12H,13H2,1-3H3,(H,23,25). The number of ether oxygens (including phenoxy) is 1.